The molecular weight excluding hydrogens is 288 g/mol. The molecule has 2 N–H and O–H groups in total. The zero-order chi connectivity index (χ0) is 13.7. The van der Waals surface area contributed by atoms with E-state index in [2.05, 4.69) is 72.8 Å². The van der Waals surface area contributed by atoms with Crippen molar-refractivity contribution in [1.29, 1.82) is 0 Å². The highest BCUT2D eigenvalue weighted by atomic mass is 79.9. The van der Waals surface area contributed by atoms with Crippen molar-refractivity contribution in [2.45, 2.75) is 39.8 Å². The predicted molar refractivity (Wildman–Crippen MR) is 82.6 cm³/mol. The summed E-state index contributed by atoms with van der Waals surface area (Å²) in [5.74, 6) is 0.650. The molecule has 1 unspecified atom stereocenters. The number of benzene rings is 1. The maximum atomic E-state index is 6.00. The second-order valence-corrected chi connectivity index (χ2v) is 6.40. The van der Waals surface area contributed by atoms with Crippen LogP contribution in [0.3, 0.4) is 0 Å². The van der Waals surface area contributed by atoms with Gasteiger partial charge in [0, 0.05) is 29.6 Å². The van der Waals surface area contributed by atoms with Gasteiger partial charge in [0.1, 0.15) is 0 Å². The number of nitrogens with two attached hydrogens (primary N) is 1. The van der Waals surface area contributed by atoms with Gasteiger partial charge in [0.15, 0.2) is 0 Å². The second kappa shape index (κ2) is 7.27. The van der Waals surface area contributed by atoms with Crippen molar-refractivity contribution in [3.8, 4) is 0 Å². The predicted octanol–water partition coefficient (Wildman–Crippen LogP) is 3.82. The molecule has 0 aliphatic rings. The van der Waals surface area contributed by atoms with Crippen LogP contribution >= 0.6 is 15.9 Å². The number of nitrogens with zero attached hydrogens (tertiary/aromatic N) is 1. The Labute approximate surface area is 120 Å². The summed E-state index contributed by atoms with van der Waals surface area (Å²) in [7, 11) is 0. The number of rotatable bonds is 6. The molecule has 0 saturated heterocycles. The zero-order valence-electron chi connectivity index (χ0n) is 11.9. The summed E-state index contributed by atoms with van der Waals surface area (Å²) in [6.07, 6.45) is 0. The molecule has 1 aromatic carbocycles. The second-order valence-electron chi connectivity index (χ2n) is 5.49. The van der Waals surface area contributed by atoms with Crippen molar-refractivity contribution in [2.24, 2.45) is 11.7 Å². The maximum absolute atomic E-state index is 6.00. The lowest BCUT2D eigenvalue weighted by Gasteiger charge is -2.36. The Hall–Kier alpha value is -0.380. The molecule has 1 atom stereocenters. The summed E-state index contributed by atoms with van der Waals surface area (Å²) in [5, 5.41) is 0. The molecule has 1 rings (SSSR count). The summed E-state index contributed by atoms with van der Waals surface area (Å²) in [6.45, 7) is 10.7. The Morgan fingerprint density at radius 3 is 2.06 bits per heavy atom. The molecule has 102 valence electrons. The monoisotopic (exact) mass is 312 g/mol. The summed E-state index contributed by atoms with van der Waals surface area (Å²) in [5.41, 5.74) is 7.30. The first kappa shape index (κ1) is 15.7. The highest BCUT2D eigenvalue weighted by Gasteiger charge is 2.22. The van der Waals surface area contributed by atoms with Gasteiger partial charge in [-0.2, -0.15) is 0 Å². The van der Waals surface area contributed by atoms with Crippen LogP contribution in [0.25, 0.3) is 0 Å². The van der Waals surface area contributed by atoms with E-state index in [-0.39, 0.29) is 0 Å². The Morgan fingerprint density at radius 2 is 1.67 bits per heavy atom. The van der Waals surface area contributed by atoms with Crippen LogP contribution in [0, 0.1) is 5.92 Å². The average molecular weight is 313 g/mol. The minimum absolute atomic E-state index is 0.306. The molecule has 3 heteroatoms. The molecule has 2 nitrogen and oxygen atoms in total. The van der Waals surface area contributed by atoms with E-state index < -0.39 is 0 Å². The van der Waals surface area contributed by atoms with Gasteiger partial charge < -0.3 is 5.73 Å². The molecule has 0 bridgehead atoms. The fourth-order valence-corrected chi connectivity index (χ4v) is 2.53. The van der Waals surface area contributed by atoms with Crippen LogP contribution in [0.15, 0.2) is 28.7 Å². The smallest absolute Gasteiger partial charge is 0.0473 e. The molecule has 0 heterocycles. The van der Waals surface area contributed by atoms with Crippen LogP contribution in [-0.4, -0.2) is 24.0 Å². The van der Waals surface area contributed by atoms with E-state index in [1.807, 2.05) is 0 Å². The Balaban J connectivity index is 2.94. The van der Waals surface area contributed by atoms with Gasteiger partial charge in [0.2, 0.25) is 0 Å². The summed E-state index contributed by atoms with van der Waals surface area (Å²) >= 11 is 3.48. The van der Waals surface area contributed by atoms with Crippen molar-refractivity contribution in [3.05, 3.63) is 34.3 Å². The summed E-state index contributed by atoms with van der Waals surface area (Å²) < 4.78 is 1.11. The van der Waals surface area contributed by atoms with Crippen molar-refractivity contribution in [2.75, 3.05) is 13.1 Å². The average Bonchev–Trinajstić information content (AvgIpc) is 2.30. The highest BCUT2D eigenvalue weighted by Crippen LogP contribution is 2.24. The van der Waals surface area contributed by atoms with Crippen LogP contribution in [-0.2, 0) is 0 Å². The van der Waals surface area contributed by atoms with Crippen LogP contribution in [0.5, 0.6) is 0 Å². The Bertz CT molecular complexity index is 346. The van der Waals surface area contributed by atoms with Gasteiger partial charge in [-0.1, -0.05) is 41.9 Å². The van der Waals surface area contributed by atoms with E-state index in [1.165, 1.54) is 5.56 Å². The minimum Gasteiger partial charge on any atom is -0.329 e. The fourth-order valence-electron chi connectivity index (χ4n) is 2.27. The van der Waals surface area contributed by atoms with Gasteiger partial charge in [0.25, 0.3) is 0 Å². The first-order valence-electron chi connectivity index (χ1n) is 6.67. The fraction of sp³-hybridized carbons (Fsp3) is 0.600. The van der Waals surface area contributed by atoms with Gasteiger partial charge in [-0.25, -0.2) is 0 Å². The van der Waals surface area contributed by atoms with Crippen LogP contribution in [0.1, 0.15) is 39.3 Å². The largest absolute Gasteiger partial charge is 0.329 e. The molecule has 0 saturated carbocycles. The molecule has 0 amide bonds. The van der Waals surface area contributed by atoms with Gasteiger partial charge in [-0.05, 0) is 37.5 Å². The van der Waals surface area contributed by atoms with Crippen molar-refractivity contribution in [3.63, 3.8) is 0 Å². The SMILES string of the molecule is CC(C)CN(C(C)C)C(CN)c1ccc(Br)cc1. The lowest BCUT2D eigenvalue weighted by atomic mass is 10.0. The number of hydrogen-bond donors (Lipinski definition) is 1. The standard InChI is InChI=1S/C15H25BrN2/c1-11(2)10-18(12(3)4)15(9-17)13-5-7-14(16)8-6-13/h5-8,11-12,15H,9-10,17H2,1-4H3. The topological polar surface area (TPSA) is 29.3 Å². The zero-order valence-corrected chi connectivity index (χ0v) is 13.4. The van der Waals surface area contributed by atoms with Gasteiger partial charge in [-0.3, -0.25) is 4.90 Å². The first-order chi connectivity index (χ1) is 8.45. The van der Waals surface area contributed by atoms with Crippen molar-refractivity contribution in [1.82, 2.24) is 4.90 Å². The van der Waals surface area contributed by atoms with E-state index >= 15 is 0 Å². The molecule has 0 radical (unpaired) electrons. The van der Waals surface area contributed by atoms with E-state index in [1.54, 1.807) is 0 Å². The lowest BCUT2D eigenvalue weighted by Crippen LogP contribution is -2.40. The van der Waals surface area contributed by atoms with Crippen LogP contribution in [0.4, 0.5) is 0 Å². The molecular formula is C15H25BrN2. The van der Waals surface area contributed by atoms with E-state index in [0.29, 0.717) is 24.5 Å². The summed E-state index contributed by atoms with van der Waals surface area (Å²) in [4.78, 5) is 2.49. The Kier molecular flexibility index (Phi) is 6.33. The first-order valence-corrected chi connectivity index (χ1v) is 7.46. The Morgan fingerprint density at radius 1 is 1.11 bits per heavy atom. The van der Waals surface area contributed by atoms with Gasteiger partial charge in [0.05, 0.1) is 0 Å². The summed E-state index contributed by atoms with van der Waals surface area (Å²) in [6, 6.07) is 9.32. The molecule has 0 aliphatic heterocycles. The number of halogens is 1. The molecule has 0 spiro atoms. The lowest BCUT2D eigenvalue weighted by molar-refractivity contribution is 0.138. The van der Waals surface area contributed by atoms with E-state index in [0.717, 1.165) is 11.0 Å². The molecule has 0 fully saturated rings. The molecule has 0 aromatic heterocycles. The highest BCUT2D eigenvalue weighted by molar-refractivity contribution is 9.10. The van der Waals surface area contributed by atoms with Crippen molar-refractivity contribution < 1.29 is 0 Å². The third-order valence-electron chi connectivity index (χ3n) is 3.12. The molecule has 18 heavy (non-hydrogen) atoms. The van der Waals surface area contributed by atoms with E-state index in [4.69, 9.17) is 5.73 Å². The van der Waals surface area contributed by atoms with E-state index in [9.17, 15) is 0 Å². The maximum Gasteiger partial charge on any atom is 0.0473 e. The van der Waals surface area contributed by atoms with Gasteiger partial charge >= 0.3 is 0 Å². The minimum atomic E-state index is 0.306. The number of hydrogen-bond acceptors (Lipinski definition) is 2. The molecule has 0 aliphatic carbocycles. The van der Waals surface area contributed by atoms with Crippen molar-refractivity contribution >= 4 is 15.9 Å². The third kappa shape index (κ3) is 4.38. The third-order valence-corrected chi connectivity index (χ3v) is 3.65. The van der Waals surface area contributed by atoms with Crippen LogP contribution in [0.2, 0.25) is 0 Å². The quantitative estimate of drug-likeness (QED) is 0.865. The molecule has 1 aromatic rings. The van der Waals surface area contributed by atoms with Gasteiger partial charge in [-0.15, -0.1) is 0 Å². The normalized spacial score (nSPS) is 13.6. The van der Waals surface area contributed by atoms with Crippen LogP contribution < -0.4 is 5.73 Å².